The molecule has 0 radical (unpaired) electrons. The van der Waals surface area contributed by atoms with Crippen LogP contribution >= 0.6 is 0 Å². The number of aryl methyl sites for hydroxylation is 1. The molecule has 3 rings (SSSR count). The smallest absolute Gasteiger partial charge is 0.328 e. The fourth-order valence-electron chi connectivity index (χ4n) is 2.60. The van der Waals surface area contributed by atoms with Gasteiger partial charge in [0.25, 0.3) is 0 Å². The lowest BCUT2D eigenvalue weighted by Crippen LogP contribution is -2.25. The first-order valence-electron chi connectivity index (χ1n) is 8.32. The number of para-hydroxylation sites is 1. The van der Waals surface area contributed by atoms with Crippen LogP contribution in [0.4, 0.5) is 5.69 Å². The van der Waals surface area contributed by atoms with E-state index in [4.69, 9.17) is 10.2 Å². The predicted molar refractivity (Wildman–Crippen MR) is 104 cm³/mol. The summed E-state index contributed by atoms with van der Waals surface area (Å²) in [4.78, 5) is 23.5. The summed E-state index contributed by atoms with van der Waals surface area (Å²) >= 11 is 0. The number of hydrogen-bond acceptors (Lipinski definition) is 4. The van der Waals surface area contributed by atoms with Crippen molar-refractivity contribution in [3.8, 4) is 0 Å². The average molecular weight is 367 g/mol. The summed E-state index contributed by atoms with van der Waals surface area (Å²) in [6.45, 7) is 2.17. The molecule has 2 N–H and O–H groups in total. The number of aromatic nitrogens is 2. The molecule has 0 unspecified atom stereocenters. The fourth-order valence-corrected chi connectivity index (χ4v) is 2.60. The van der Waals surface area contributed by atoms with Gasteiger partial charge in [0.2, 0.25) is 0 Å². The van der Waals surface area contributed by atoms with Crippen LogP contribution in [0.1, 0.15) is 12.6 Å². The third kappa shape index (κ3) is 5.18. The Hall–Kier alpha value is -3.61. The number of nitrogens with zero attached hydrogens (tertiary/aromatic N) is 3. The molecule has 0 aliphatic heterocycles. The maximum atomic E-state index is 9.55. The van der Waals surface area contributed by atoms with E-state index in [0.717, 1.165) is 17.6 Å². The Kier molecular flexibility index (Phi) is 6.71. The normalized spacial score (nSPS) is 10.4. The molecule has 0 amide bonds. The monoisotopic (exact) mass is 367 g/mol. The maximum Gasteiger partial charge on any atom is 0.328 e. The van der Waals surface area contributed by atoms with Gasteiger partial charge in [-0.05, 0) is 30.7 Å². The number of benzene rings is 1. The van der Waals surface area contributed by atoms with E-state index in [1.54, 1.807) is 0 Å². The number of fused-ring (bicyclic) bond motifs is 1. The number of rotatable bonds is 5. The number of anilines is 1. The molecule has 7 nitrogen and oxygen atoms in total. The van der Waals surface area contributed by atoms with Gasteiger partial charge >= 0.3 is 11.9 Å². The Bertz CT molecular complexity index is 941. The summed E-state index contributed by atoms with van der Waals surface area (Å²) in [5, 5.41) is 19.0. The molecule has 0 fully saturated rings. The summed E-state index contributed by atoms with van der Waals surface area (Å²) in [6.07, 6.45) is 6.09. The second-order valence-electron chi connectivity index (χ2n) is 5.58. The minimum Gasteiger partial charge on any atom is -0.478 e. The van der Waals surface area contributed by atoms with Crippen molar-refractivity contribution >= 4 is 28.5 Å². The van der Waals surface area contributed by atoms with Crippen molar-refractivity contribution in [2.75, 3.05) is 12.1 Å². The van der Waals surface area contributed by atoms with E-state index in [0.29, 0.717) is 12.2 Å². The third-order valence-electron chi connectivity index (χ3n) is 3.84. The van der Waals surface area contributed by atoms with Gasteiger partial charge < -0.3 is 10.2 Å². The number of pyridine rings is 1. The quantitative estimate of drug-likeness (QED) is 0.672. The van der Waals surface area contributed by atoms with E-state index >= 15 is 0 Å². The van der Waals surface area contributed by atoms with Crippen LogP contribution in [-0.4, -0.2) is 38.9 Å². The van der Waals surface area contributed by atoms with Crippen molar-refractivity contribution in [2.24, 2.45) is 0 Å². The van der Waals surface area contributed by atoms with Crippen LogP contribution in [0.25, 0.3) is 10.9 Å². The van der Waals surface area contributed by atoms with Crippen LogP contribution in [0, 0.1) is 0 Å². The van der Waals surface area contributed by atoms with Crippen molar-refractivity contribution in [2.45, 2.75) is 13.3 Å². The summed E-state index contributed by atoms with van der Waals surface area (Å²) in [5.41, 5.74) is 3.48. The van der Waals surface area contributed by atoms with Crippen molar-refractivity contribution < 1.29 is 19.8 Å². The first kappa shape index (κ1) is 19.7. The predicted octanol–water partition coefficient (Wildman–Crippen LogP) is 3.21. The second-order valence-corrected chi connectivity index (χ2v) is 5.58. The lowest BCUT2D eigenvalue weighted by atomic mass is 10.2. The van der Waals surface area contributed by atoms with E-state index < -0.39 is 11.9 Å². The Morgan fingerprint density at radius 2 is 1.74 bits per heavy atom. The minimum atomic E-state index is -1.26. The lowest BCUT2D eigenvalue weighted by molar-refractivity contribution is -0.134. The zero-order chi connectivity index (χ0) is 19.8. The highest BCUT2D eigenvalue weighted by Gasteiger charge is 2.09. The van der Waals surface area contributed by atoms with E-state index in [2.05, 4.69) is 65.2 Å². The van der Waals surface area contributed by atoms with Crippen LogP contribution in [-0.2, 0) is 16.0 Å². The average Bonchev–Trinajstić information content (AvgIpc) is 3.14. The molecule has 0 atom stereocenters. The summed E-state index contributed by atoms with van der Waals surface area (Å²) in [7, 11) is 2.08. The molecule has 7 heteroatoms. The van der Waals surface area contributed by atoms with Gasteiger partial charge in [0.15, 0.2) is 0 Å². The molecular formula is C20H21N3O4. The molecule has 0 aliphatic carbocycles. The maximum absolute atomic E-state index is 9.55. The van der Waals surface area contributed by atoms with Crippen LogP contribution in [0.5, 0.6) is 0 Å². The van der Waals surface area contributed by atoms with Crippen LogP contribution < -0.4 is 5.01 Å². The first-order valence-corrected chi connectivity index (χ1v) is 8.32. The minimum absolute atomic E-state index is 0.558. The molecule has 0 bridgehead atoms. The third-order valence-corrected chi connectivity index (χ3v) is 3.84. The Morgan fingerprint density at radius 3 is 2.37 bits per heavy atom. The molecule has 0 saturated carbocycles. The molecule has 140 valence electrons. The Morgan fingerprint density at radius 1 is 1.07 bits per heavy atom. The van der Waals surface area contributed by atoms with E-state index in [-0.39, 0.29) is 0 Å². The largest absolute Gasteiger partial charge is 0.478 e. The molecule has 3 aromatic rings. The van der Waals surface area contributed by atoms with Crippen LogP contribution in [0.2, 0.25) is 0 Å². The van der Waals surface area contributed by atoms with E-state index in [1.807, 2.05) is 18.3 Å². The van der Waals surface area contributed by atoms with Gasteiger partial charge in [-0.3, -0.25) is 14.7 Å². The molecule has 0 spiro atoms. The van der Waals surface area contributed by atoms with Crippen molar-refractivity contribution in [3.63, 3.8) is 0 Å². The SMILES string of the molecule is CCc1cccn1N(C)c1ccnc2ccccc12.O=C(O)C=CC(=O)O. The second kappa shape index (κ2) is 9.19. The van der Waals surface area contributed by atoms with Crippen molar-refractivity contribution in [3.05, 3.63) is 72.7 Å². The van der Waals surface area contributed by atoms with E-state index in [1.165, 1.54) is 11.1 Å². The van der Waals surface area contributed by atoms with E-state index in [9.17, 15) is 9.59 Å². The highest BCUT2D eigenvalue weighted by atomic mass is 16.4. The van der Waals surface area contributed by atoms with Crippen LogP contribution in [0.3, 0.4) is 0 Å². The highest BCUT2D eigenvalue weighted by molar-refractivity contribution is 5.91. The standard InChI is InChI=1S/C16H17N3.C4H4O4/c1-3-13-7-6-12-19(13)18(2)16-10-11-17-15-9-5-4-8-14(15)16;5-3(6)1-2-4(7)8/h4-12H,3H2,1-2H3;1-2H,(H,5,6)(H,7,8). The lowest BCUT2D eigenvalue weighted by Gasteiger charge is -2.24. The zero-order valence-electron chi connectivity index (χ0n) is 15.1. The Balaban J connectivity index is 0.000000279. The number of carboxylic acid groups (broad SMARTS) is 2. The molecule has 27 heavy (non-hydrogen) atoms. The van der Waals surface area contributed by atoms with Gasteiger partial charge in [0, 0.05) is 42.7 Å². The summed E-state index contributed by atoms with van der Waals surface area (Å²) in [5.74, 6) is -2.51. The fraction of sp³-hybridized carbons (Fsp3) is 0.150. The number of carboxylic acids is 2. The molecule has 0 saturated heterocycles. The van der Waals surface area contributed by atoms with Crippen LogP contribution in [0.15, 0.2) is 67.0 Å². The zero-order valence-corrected chi connectivity index (χ0v) is 15.1. The van der Waals surface area contributed by atoms with Gasteiger partial charge in [0.05, 0.1) is 11.2 Å². The molecule has 2 aromatic heterocycles. The number of hydrogen-bond donors (Lipinski definition) is 2. The molecule has 2 heterocycles. The van der Waals surface area contributed by atoms with Gasteiger partial charge in [-0.2, -0.15) is 0 Å². The number of carbonyl (C=O) groups is 2. The van der Waals surface area contributed by atoms with Gasteiger partial charge in [-0.15, -0.1) is 0 Å². The summed E-state index contributed by atoms with van der Waals surface area (Å²) in [6, 6.07) is 14.5. The molecular weight excluding hydrogens is 346 g/mol. The van der Waals surface area contributed by atoms with Gasteiger partial charge in [-0.1, -0.05) is 25.1 Å². The topological polar surface area (TPSA) is 95.7 Å². The van der Waals surface area contributed by atoms with Gasteiger partial charge in [-0.25, -0.2) is 9.59 Å². The Labute approximate surface area is 156 Å². The first-order chi connectivity index (χ1) is 12.9. The van der Waals surface area contributed by atoms with Crippen molar-refractivity contribution in [1.82, 2.24) is 9.66 Å². The molecule has 0 aliphatic rings. The number of aliphatic carboxylic acids is 2. The highest BCUT2D eigenvalue weighted by Crippen LogP contribution is 2.25. The van der Waals surface area contributed by atoms with Crippen molar-refractivity contribution in [1.29, 1.82) is 0 Å². The van der Waals surface area contributed by atoms with Gasteiger partial charge in [0.1, 0.15) is 0 Å². The molecule has 1 aromatic carbocycles. The summed E-state index contributed by atoms with van der Waals surface area (Å²) < 4.78 is 2.18.